The highest BCUT2D eigenvalue weighted by molar-refractivity contribution is 14.0. The Kier molecular flexibility index (Phi) is 10.2. The summed E-state index contributed by atoms with van der Waals surface area (Å²) in [6, 6.07) is 8.79. The quantitative estimate of drug-likeness (QED) is 0.278. The van der Waals surface area contributed by atoms with Gasteiger partial charge in [0.05, 0.1) is 12.7 Å². The predicted octanol–water partition coefficient (Wildman–Crippen LogP) is 3.30. The Morgan fingerprint density at radius 1 is 1.22 bits per heavy atom. The van der Waals surface area contributed by atoms with Crippen molar-refractivity contribution in [3.8, 4) is 0 Å². The number of nitrogens with zero attached hydrogens (tertiary/aromatic N) is 2. The molecule has 0 amide bonds. The topological polar surface area (TPSA) is 46.1 Å². The molecule has 2 aliphatic rings. The second-order valence-corrected chi connectivity index (χ2v) is 8.02. The lowest BCUT2D eigenvalue weighted by atomic mass is 10.1. The first-order valence-corrected chi connectivity index (χ1v) is 10.7. The molecule has 2 fully saturated rings. The van der Waals surface area contributed by atoms with Crippen molar-refractivity contribution in [2.24, 2.45) is 4.99 Å². The van der Waals surface area contributed by atoms with E-state index in [0.29, 0.717) is 0 Å². The van der Waals surface area contributed by atoms with Crippen LogP contribution in [0.3, 0.4) is 0 Å². The predicted molar refractivity (Wildman–Crippen MR) is 124 cm³/mol. The Balaban J connectivity index is 0.00000261. The van der Waals surface area contributed by atoms with E-state index >= 15 is 0 Å². The van der Waals surface area contributed by atoms with E-state index in [9.17, 15) is 0 Å². The number of morpholine rings is 1. The van der Waals surface area contributed by atoms with Gasteiger partial charge in [-0.3, -0.25) is 4.99 Å². The van der Waals surface area contributed by atoms with Crippen LogP contribution >= 0.6 is 35.7 Å². The van der Waals surface area contributed by atoms with E-state index < -0.39 is 0 Å². The minimum Gasteiger partial charge on any atom is -0.375 e. The third-order valence-electron chi connectivity index (χ3n) is 4.90. The standard InChI is InChI=1S/C20H31N3O2S.HI/c1-16-5-7-17(8-6-16)15-26-13-9-22-20(21-2)23-10-12-25-19(14-23)18-4-3-11-24-18;/h5-8,18-19H,3-4,9-15H2,1-2H3,(H,21,22);1H. The lowest BCUT2D eigenvalue weighted by molar-refractivity contribution is -0.0816. The van der Waals surface area contributed by atoms with Crippen molar-refractivity contribution < 1.29 is 9.47 Å². The minimum atomic E-state index is 0. The van der Waals surface area contributed by atoms with Gasteiger partial charge in [-0.15, -0.1) is 24.0 Å². The first-order chi connectivity index (χ1) is 12.8. The third kappa shape index (κ3) is 7.11. The number of aliphatic imine (C=N–C) groups is 1. The SMILES string of the molecule is CN=C(NCCSCc1ccc(C)cc1)N1CCOC(C2CCCO2)C1.I. The highest BCUT2D eigenvalue weighted by atomic mass is 127. The van der Waals surface area contributed by atoms with E-state index in [2.05, 4.69) is 46.4 Å². The molecule has 2 atom stereocenters. The molecule has 5 nitrogen and oxygen atoms in total. The molecule has 2 heterocycles. The Labute approximate surface area is 184 Å². The van der Waals surface area contributed by atoms with E-state index in [1.807, 2.05) is 18.8 Å². The molecule has 1 aromatic carbocycles. The fraction of sp³-hybridized carbons (Fsp3) is 0.650. The summed E-state index contributed by atoms with van der Waals surface area (Å²) in [7, 11) is 1.86. The van der Waals surface area contributed by atoms with Gasteiger partial charge < -0.3 is 19.7 Å². The molecule has 1 aromatic rings. The molecule has 2 unspecified atom stereocenters. The second-order valence-electron chi connectivity index (χ2n) is 6.92. The van der Waals surface area contributed by atoms with Gasteiger partial charge in [0.2, 0.25) is 0 Å². The van der Waals surface area contributed by atoms with Crippen molar-refractivity contribution in [3.05, 3.63) is 35.4 Å². The molecule has 3 rings (SSSR count). The van der Waals surface area contributed by atoms with Crippen LogP contribution in [0.5, 0.6) is 0 Å². The molecule has 0 saturated carbocycles. The molecule has 152 valence electrons. The van der Waals surface area contributed by atoms with Gasteiger partial charge in [-0.1, -0.05) is 29.8 Å². The van der Waals surface area contributed by atoms with Crippen molar-refractivity contribution >= 4 is 41.7 Å². The van der Waals surface area contributed by atoms with Crippen molar-refractivity contribution in [3.63, 3.8) is 0 Å². The number of thioether (sulfide) groups is 1. The van der Waals surface area contributed by atoms with Crippen LogP contribution < -0.4 is 5.32 Å². The fourth-order valence-electron chi connectivity index (χ4n) is 3.43. The maximum Gasteiger partial charge on any atom is 0.193 e. The van der Waals surface area contributed by atoms with Crippen LogP contribution in [0.2, 0.25) is 0 Å². The van der Waals surface area contributed by atoms with Crippen molar-refractivity contribution in [1.82, 2.24) is 10.2 Å². The Morgan fingerprint density at radius 2 is 2.00 bits per heavy atom. The van der Waals surface area contributed by atoms with Crippen LogP contribution in [0.15, 0.2) is 29.3 Å². The van der Waals surface area contributed by atoms with Gasteiger partial charge in [0, 0.05) is 44.8 Å². The first kappa shape index (κ1) is 22.8. The number of rotatable bonds is 6. The zero-order valence-corrected chi connectivity index (χ0v) is 19.5. The van der Waals surface area contributed by atoms with E-state index in [1.54, 1.807) is 0 Å². The van der Waals surface area contributed by atoms with Gasteiger partial charge in [0.1, 0.15) is 6.10 Å². The molecule has 2 aliphatic heterocycles. The Morgan fingerprint density at radius 3 is 2.70 bits per heavy atom. The second kappa shape index (κ2) is 12.1. The molecule has 0 aliphatic carbocycles. The maximum atomic E-state index is 5.93. The van der Waals surface area contributed by atoms with Crippen LogP contribution in [0.1, 0.15) is 24.0 Å². The zero-order valence-electron chi connectivity index (χ0n) is 16.4. The van der Waals surface area contributed by atoms with Crippen LogP contribution in [0, 0.1) is 6.92 Å². The van der Waals surface area contributed by atoms with Gasteiger partial charge in [0.25, 0.3) is 0 Å². The number of nitrogens with one attached hydrogen (secondary N) is 1. The summed E-state index contributed by atoms with van der Waals surface area (Å²) in [6.45, 7) is 6.41. The summed E-state index contributed by atoms with van der Waals surface area (Å²) in [5.74, 6) is 3.10. The molecule has 0 radical (unpaired) electrons. The molecule has 0 aromatic heterocycles. The fourth-order valence-corrected chi connectivity index (χ4v) is 4.25. The third-order valence-corrected chi connectivity index (χ3v) is 5.93. The van der Waals surface area contributed by atoms with E-state index in [4.69, 9.17) is 9.47 Å². The number of hydrogen-bond donors (Lipinski definition) is 1. The summed E-state index contributed by atoms with van der Waals surface area (Å²) >= 11 is 1.95. The highest BCUT2D eigenvalue weighted by Crippen LogP contribution is 2.21. The molecule has 7 heteroatoms. The molecular formula is C20H32IN3O2S. The lowest BCUT2D eigenvalue weighted by Gasteiger charge is -2.37. The van der Waals surface area contributed by atoms with Gasteiger partial charge in [-0.2, -0.15) is 11.8 Å². The molecule has 2 saturated heterocycles. The molecule has 0 bridgehead atoms. The summed E-state index contributed by atoms with van der Waals surface area (Å²) in [6.07, 6.45) is 2.68. The van der Waals surface area contributed by atoms with Crippen molar-refractivity contribution in [2.75, 3.05) is 45.6 Å². The van der Waals surface area contributed by atoms with E-state index in [-0.39, 0.29) is 36.2 Å². The minimum absolute atomic E-state index is 0. The van der Waals surface area contributed by atoms with Crippen LogP contribution in [-0.4, -0.2) is 68.7 Å². The monoisotopic (exact) mass is 505 g/mol. The van der Waals surface area contributed by atoms with Gasteiger partial charge in [0.15, 0.2) is 5.96 Å². The average Bonchev–Trinajstić information content (AvgIpc) is 3.21. The molecular weight excluding hydrogens is 473 g/mol. The number of aryl methyl sites for hydroxylation is 1. The Bertz CT molecular complexity index is 579. The number of halogens is 1. The van der Waals surface area contributed by atoms with Gasteiger partial charge in [-0.25, -0.2) is 0 Å². The maximum absolute atomic E-state index is 5.93. The smallest absolute Gasteiger partial charge is 0.193 e. The summed E-state index contributed by atoms with van der Waals surface area (Å²) in [5.41, 5.74) is 2.70. The highest BCUT2D eigenvalue weighted by Gasteiger charge is 2.32. The first-order valence-electron chi connectivity index (χ1n) is 9.58. The van der Waals surface area contributed by atoms with Gasteiger partial charge in [-0.05, 0) is 25.3 Å². The molecule has 1 N–H and O–H groups in total. The van der Waals surface area contributed by atoms with Crippen LogP contribution in [0.4, 0.5) is 0 Å². The molecule has 27 heavy (non-hydrogen) atoms. The van der Waals surface area contributed by atoms with E-state index in [1.165, 1.54) is 11.1 Å². The van der Waals surface area contributed by atoms with Gasteiger partial charge >= 0.3 is 0 Å². The summed E-state index contributed by atoms with van der Waals surface area (Å²) < 4.78 is 11.7. The van der Waals surface area contributed by atoms with Crippen molar-refractivity contribution in [1.29, 1.82) is 0 Å². The number of hydrogen-bond acceptors (Lipinski definition) is 4. The number of guanidine groups is 1. The average molecular weight is 505 g/mol. The largest absolute Gasteiger partial charge is 0.375 e. The summed E-state index contributed by atoms with van der Waals surface area (Å²) in [4.78, 5) is 6.77. The number of ether oxygens (including phenoxy) is 2. The van der Waals surface area contributed by atoms with Crippen molar-refractivity contribution in [2.45, 2.75) is 37.7 Å². The normalized spacial score (nSPS) is 23.2. The Hall–Kier alpha value is -0.510. The molecule has 0 spiro atoms. The van der Waals surface area contributed by atoms with Crippen LogP contribution in [-0.2, 0) is 15.2 Å². The number of benzene rings is 1. The van der Waals surface area contributed by atoms with Crippen LogP contribution in [0.25, 0.3) is 0 Å². The zero-order chi connectivity index (χ0) is 18.2. The summed E-state index contributed by atoms with van der Waals surface area (Å²) in [5, 5.41) is 3.50. The van der Waals surface area contributed by atoms with E-state index in [0.717, 1.165) is 63.2 Å². The lowest BCUT2D eigenvalue weighted by Crippen LogP contribution is -2.53.